The van der Waals surface area contributed by atoms with Gasteiger partial charge in [0, 0.05) is 28.4 Å². The van der Waals surface area contributed by atoms with E-state index in [-0.39, 0.29) is 18.2 Å². The van der Waals surface area contributed by atoms with Gasteiger partial charge in [-0.1, -0.05) is 12.1 Å². The van der Waals surface area contributed by atoms with Gasteiger partial charge in [0.15, 0.2) is 0 Å². The topological polar surface area (TPSA) is 106 Å². The summed E-state index contributed by atoms with van der Waals surface area (Å²) in [5, 5.41) is 22.9. The lowest BCUT2D eigenvalue weighted by Gasteiger charge is -2.10. The van der Waals surface area contributed by atoms with Gasteiger partial charge in [0.2, 0.25) is 0 Å². The maximum Gasteiger partial charge on any atom is 0.272 e. The molecule has 0 aliphatic rings. The first-order valence-electron chi connectivity index (χ1n) is 8.26. The van der Waals surface area contributed by atoms with Crippen LogP contribution in [0, 0.1) is 24.0 Å². The van der Waals surface area contributed by atoms with Gasteiger partial charge < -0.3 is 14.8 Å². The monoisotopic (exact) mass is 366 g/mol. The third-order valence-electron chi connectivity index (χ3n) is 4.24. The van der Waals surface area contributed by atoms with E-state index in [4.69, 9.17) is 9.52 Å². The second-order valence-corrected chi connectivity index (χ2v) is 6.17. The quantitative estimate of drug-likeness (QED) is 0.519. The number of anilines is 1. The second-order valence-electron chi connectivity index (χ2n) is 6.17. The van der Waals surface area contributed by atoms with Crippen molar-refractivity contribution < 1.29 is 19.2 Å². The van der Waals surface area contributed by atoms with Crippen LogP contribution in [0.3, 0.4) is 0 Å². The van der Waals surface area contributed by atoms with Crippen molar-refractivity contribution in [1.29, 1.82) is 0 Å². The highest BCUT2D eigenvalue weighted by atomic mass is 16.6. The zero-order valence-corrected chi connectivity index (χ0v) is 14.9. The Bertz CT molecular complexity index is 1020. The van der Waals surface area contributed by atoms with Crippen molar-refractivity contribution in [2.45, 2.75) is 20.5 Å². The number of carbonyl (C=O) groups is 1. The zero-order chi connectivity index (χ0) is 19.6. The largest absolute Gasteiger partial charge is 0.459 e. The maximum atomic E-state index is 12.6. The lowest BCUT2D eigenvalue weighted by molar-refractivity contribution is -0.385. The molecule has 0 saturated carbocycles. The molecule has 0 fully saturated rings. The van der Waals surface area contributed by atoms with Gasteiger partial charge in [0.05, 0.1) is 4.92 Å². The van der Waals surface area contributed by atoms with Crippen LogP contribution < -0.4 is 5.32 Å². The Balaban J connectivity index is 1.86. The first kappa shape index (κ1) is 18.3. The summed E-state index contributed by atoms with van der Waals surface area (Å²) in [6.45, 7) is 3.27. The molecule has 2 N–H and O–H groups in total. The minimum Gasteiger partial charge on any atom is -0.459 e. The summed E-state index contributed by atoms with van der Waals surface area (Å²) in [6, 6.07) is 13.2. The van der Waals surface area contributed by atoms with Crippen molar-refractivity contribution in [3.8, 4) is 11.3 Å². The van der Waals surface area contributed by atoms with E-state index < -0.39 is 4.92 Å². The van der Waals surface area contributed by atoms with Gasteiger partial charge in [-0.2, -0.15) is 0 Å². The number of nitro benzene ring substituents is 1. The van der Waals surface area contributed by atoms with E-state index in [1.54, 1.807) is 25.1 Å². The van der Waals surface area contributed by atoms with E-state index in [9.17, 15) is 14.9 Å². The average molecular weight is 366 g/mol. The van der Waals surface area contributed by atoms with E-state index in [1.807, 2.05) is 19.1 Å². The Morgan fingerprint density at radius 3 is 2.52 bits per heavy atom. The summed E-state index contributed by atoms with van der Waals surface area (Å²) in [5.74, 6) is 0.682. The molecule has 3 aromatic rings. The standard InChI is InChI=1S/C20H18N2O5/c1-12-3-4-14(19-8-6-16(11-23)27-19)10-17(12)21-20(24)15-5-7-18(22(25)26)13(2)9-15/h3-10,23H,11H2,1-2H3,(H,21,24). The number of nitro groups is 1. The molecule has 7 heteroatoms. The van der Waals surface area contributed by atoms with E-state index in [1.165, 1.54) is 18.2 Å². The van der Waals surface area contributed by atoms with Crippen LogP contribution in [0.15, 0.2) is 52.9 Å². The van der Waals surface area contributed by atoms with Crippen molar-refractivity contribution in [3.05, 3.63) is 81.1 Å². The number of amides is 1. The molecule has 0 radical (unpaired) electrons. The van der Waals surface area contributed by atoms with Crippen molar-refractivity contribution in [2.24, 2.45) is 0 Å². The van der Waals surface area contributed by atoms with Gasteiger partial charge in [-0.15, -0.1) is 0 Å². The molecular weight excluding hydrogens is 348 g/mol. The average Bonchev–Trinajstić information content (AvgIpc) is 3.12. The van der Waals surface area contributed by atoms with Crippen LogP contribution in [0.1, 0.15) is 27.2 Å². The maximum absolute atomic E-state index is 12.6. The van der Waals surface area contributed by atoms with Crippen LogP contribution in [0.5, 0.6) is 0 Å². The Labute approximate surface area is 155 Å². The number of nitrogens with zero attached hydrogens (tertiary/aromatic N) is 1. The van der Waals surface area contributed by atoms with Crippen molar-refractivity contribution >= 4 is 17.3 Å². The van der Waals surface area contributed by atoms with Crippen LogP contribution in [-0.2, 0) is 6.61 Å². The molecule has 138 valence electrons. The van der Waals surface area contributed by atoms with Crippen molar-refractivity contribution in [2.75, 3.05) is 5.32 Å². The number of aliphatic hydroxyl groups excluding tert-OH is 1. The predicted octanol–water partition coefficient (Wildman–Crippen LogP) is 4.22. The molecule has 1 amide bonds. The number of carbonyl (C=O) groups excluding carboxylic acids is 1. The molecule has 27 heavy (non-hydrogen) atoms. The fourth-order valence-electron chi connectivity index (χ4n) is 2.72. The van der Waals surface area contributed by atoms with Gasteiger partial charge in [0.25, 0.3) is 11.6 Å². The number of furan rings is 1. The number of rotatable bonds is 5. The molecule has 1 aromatic heterocycles. The number of nitrogens with one attached hydrogen (secondary N) is 1. The molecule has 0 aliphatic carbocycles. The van der Waals surface area contributed by atoms with E-state index in [0.29, 0.717) is 28.3 Å². The summed E-state index contributed by atoms with van der Waals surface area (Å²) in [7, 11) is 0. The van der Waals surface area contributed by atoms with Crippen LogP contribution in [-0.4, -0.2) is 15.9 Å². The zero-order valence-electron chi connectivity index (χ0n) is 14.9. The number of benzene rings is 2. The highest BCUT2D eigenvalue weighted by Crippen LogP contribution is 2.28. The minimum atomic E-state index is -0.478. The summed E-state index contributed by atoms with van der Waals surface area (Å²) >= 11 is 0. The predicted molar refractivity (Wildman–Crippen MR) is 101 cm³/mol. The fourth-order valence-corrected chi connectivity index (χ4v) is 2.72. The van der Waals surface area contributed by atoms with E-state index in [2.05, 4.69) is 5.32 Å². The van der Waals surface area contributed by atoms with Gasteiger partial charge >= 0.3 is 0 Å². The Kier molecular flexibility index (Phi) is 5.05. The molecule has 0 bridgehead atoms. The van der Waals surface area contributed by atoms with Crippen molar-refractivity contribution in [1.82, 2.24) is 0 Å². The normalized spacial score (nSPS) is 10.6. The Morgan fingerprint density at radius 2 is 1.89 bits per heavy atom. The highest BCUT2D eigenvalue weighted by Gasteiger charge is 2.15. The lowest BCUT2D eigenvalue weighted by atomic mass is 10.1. The Morgan fingerprint density at radius 1 is 1.11 bits per heavy atom. The molecule has 2 aromatic carbocycles. The van der Waals surface area contributed by atoms with Gasteiger partial charge in [-0.25, -0.2) is 0 Å². The van der Waals surface area contributed by atoms with E-state index in [0.717, 1.165) is 11.1 Å². The summed E-state index contributed by atoms with van der Waals surface area (Å²) < 4.78 is 5.53. The number of aryl methyl sites for hydroxylation is 2. The van der Waals surface area contributed by atoms with Crippen LogP contribution in [0.25, 0.3) is 11.3 Å². The molecule has 0 unspecified atom stereocenters. The summed E-state index contributed by atoms with van der Waals surface area (Å²) in [4.78, 5) is 23.0. The minimum absolute atomic E-state index is 0.0257. The fraction of sp³-hybridized carbons (Fsp3) is 0.150. The molecule has 7 nitrogen and oxygen atoms in total. The third-order valence-corrected chi connectivity index (χ3v) is 4.24. The first-order chi connectivity index (χ1) is 12.9. The smallest absolute Gasteiger partial charge is 0.272 e. The summed E-state index contributed by atoms with van der Waals surface area (Å²) in [5.41, 5.74) is 2.96. The molecule has 0 spiro atoms. The molecule has 3 rings (SSSR count). The van der Waals surface area contributed by atoms with Crippen molar-refractivity contribution in [3.63, 3.8) is 0 Å². The molecule has 0 atom stereocenters. The first-order valence-corrected chi connectivity index (χ1v) is 8.26. The number of aliphatic hydroxyl groups is 1. The Hall–Kier alpha value is -3.45. The van der Waals surface area contributed by atoms with E-state index >= 15 is 0 Å². The van der Waals surface area contributed by atoms with Gasteiger partial charge in [-0.05, 0) is 49.7 Å². The molecule has 0 saturated heterocycles. The third kappa shape index (κ3) is 3.88. The number of hydrogen-bond donors (Lipinski definition) is 2. The molecule has 0 aliphatic heterocycles. The van der Waals surface area contributed by atoms with Crippen LogP contribution in [0.4, 0.5) is 11.4 Å². The molecular formula is C20H18N2O5. The summed E-state index contributed by atoms with van der Waals surface area (Å²) in [6.07, 6.45) is 0. The van der Waals surface area contributed by atoms with Gasteiger partial charge in [0.1, 0.15) is 18.1 Å². The number of hydrogen-bond acceptors (Lipinski definition) is 5. The van der Waals surface area contributed by atoms with Crippen LogP contribution >= 0.6 is 0 Å². The van der Waals surface area contributed by atoms with Gasteiger partial charge in [-0.3, -0.25) is 14.9 Å². The van der Waals surface area contributed by atoms with Crippen LogP contribution in [0.2, 0.25) is 0 Å². The second kappa shape index (κ2) is 7.43. The molecule has 1 heterocycles. The lowest BCUT2D eigenvalue weighted by Crippen LogP contribution is -2.13. The highest BCUT2D eigenvalue weighted by molar-refractivity contribution is 6.05. The SMILES string of the molecule is Cc1ccc(-c2ccc(CO)o2)cc1NC(=O)c1ccc([N+](=O)[O-])c(C)c1.